The minimum absolute atomic E-state index is 0.0196. The van der Waals surface area contributed by atoms with Crippen molar-refractivity contribution in [2.45, 2.75) is 26.3 Å². The van der Waals surface area contributed by atoms with Gasteiger partial charge in [0.25, 0.3) is 0 Å². The molecule has 36 heavy (non-hydrogen) atoms. The van der Waals surface area contributed by atoms with E-state index in [1.54, 1.807) is 36.4 Å². The zero-order valence-electron chi connectivity index (χ0n) is 19.5. The van der Waals surface area contributed by atoms with Crippen LogP contribution in [0.1, 0.15) is 28.4 Å². The third-order valence-electron chi connectivity index (χ3n) is 5.37. The summed E-state index contributed by atoms with van der Waals surface area (Å²) >= 11 is -5.13. The van der Waals surface area contributed by atoms with Gasteiger partial charge in [-0.2, -0.15) is 0 Å². The van der Waals surface area contributed by atoms with Gasteiger partial charge in [-0.05, 0) is 6.92 Å². The number of rotatable bonds is 8. The third-order valence-corrected chi connectivity index (χ3v) is 7.83. The van der Waals surface area contributed by atoms with E-state index < -0.39 is 37.9 Å². The minimum atomic E-state index is -5.13. The van der Waals surface area contributed by atoms with Gasteiger partial charge in [0.1, 0.15) is 0 Å². The first-order valence-electron chi connectivity index (χ1n) is 10.8. The van der Waals surface area contributed by atoms with Crippen LogP contribution in [0.2, 0.25) is 0 Å². The summed E-state index contributed by atoms with van der Waals surface area (Å²) in [5, 5.41) is 20.9. The molecule has 3 amide bonds. The van der Waals surface area contributed by atoms with Crippen molar-refractivity contribution in [2.75, 3.05) is 4.90 Å². The van der Waals surface area contributed by atoms with Crippen molar-refractivity contribution in [1.82, 2.24) is 5.32 Å². The quantitative estimate of drug-likeness (QED) is 0.186. The summed E-state index contributed by atoms with van der Waals surface area (Å²) < 4.78 is 25.0. The Labute approximate surface area is 210 Å². The number of carbonyl (C=O) groups excluding carboxylic acids is 3. The van der Waals surface area contributed by atoms with Crippen LogP contribution in [0.5, 0.6) is 5.75 Å². The first-order chi connectivity index (χ1) is 17.0. The number of hydrogen-bond acceptors (Lipinski definition) is 7. The Morgan fingerprint density at radius 2 is 1.56 bits per heavy atom. The number of imide groups is 1. The predicted molar refractivity (Wildman–Crippen MR) is 131 cm³/mol. The maximum atomic E-state index is 13.6. The molecule has 0 heterocycles. The van der Waals surface area contributed by atoms with Gasteiger partial charge in [0, 0.05) is 0 Å². The first-order valence-corrected chi connectivity index (χ1v) is 14.1. The molecule has 0 radical (unpaired) electrons. The molecule has 3 rings (SSSR count). The van der Waals surface area contributed by atoms with Crippen LogP contribution in [0.3, 0.4) is 0 Å². The van der Waals surface area contributed by atoms with Crippen LogP contribution in [0, 0.1) is 6.92 Å². The number of hydrogen-bond donors (Lipinski definition) is 4. The molecule has 0 aliphatic carbocycles. The summed E-state index contributed by atoms with van der Waals surface area (Å²) in [4.78, 5) is 39.9. The van der Waals surface area contributed by atoms with Gasteiger partial charge in [-0.1, -0.05) is 5.56 Å². The molecule has 3 aromatic carbocycles. The van der Waals surface area contributed by atoms with Gasteiger partial charge in [0.05, 0.1) is 0 Å². The van der Waals surface area contributed by atoms with Crippen LogP contribution in [-0.4, -0.2) is 52.4 Å². The number of nitrogens with zero attached hydrogens (tertiary/aromatic N) is 1. The molecule has 2 atom stereocenters. The second kappa shape index (κ2) is 11.4. The van der Waals surface area contributed by atoms with Crippen LogP contribution in [0.25, 0.3) is 0 Å². The summed E-state index contributed by atoms with van der Waals surface area (Å²) in [5.41, 5.74) is 1.99. The Bertz CT molecular complexity index is 1290. The summed E-state index contributed by atoms with van der Waals surface area (Å²) in [6, 6.07) is 16.5. The monoisotopic (exact) mass is 556 g/mol. The van der Waals surface area contributed by atoms with Crippen molar-refractivity contribution >= 4 is 41.9 Å². The van der Waals surface area contributed by atoms with Crippen LogP contribution in [0.15, 0.2) is 72.8 Å². The van der Waals surface area contributed by atoms with E-state index in [0.29, 0.717) is 11.1 Å². The molecule has 0 saturated heterocycles. The predicted octanol–water partition coefficient (Wildman–Crippen LogP) is 1.68. The fourth-order valence-corrected chi connectivity index (χ4v) is 4.77. The van der Waals surface area contributed by atoms with Gasteiger partial charge in [0.15, 0.2) is 0 Å². The van der Waals surface area contributed by atoms with E-state index in [2.05, 4.69) is 9.19 Å². The average molecular weight is 556 g/mol. The molecule has 0 aliphatic rings. The molecule has 188 valence electrons. The molecular weight excluding hydrogens is 531 g/mol. The van der Waals surface area contributed by atoms with Gasteiger partial charge in [-0.15, -0.1) is 0 Å². The first kappa shape index (κ1) is 26.9. The van der Waals surface area contributed by atoms with Gasteiger partial charge in [0.2, 0.25) is 0 Å². The molecule has 3 aromatic rings. The van der Waals surface area contributed by atoms with Crippen molar-refractivity contribution in [3.63, 3.8) is 0 Å². The van der Waals surface area contributed by atoms with E-state index in [0.717, 1.165) is 22.6 Å². The number of aryl methyl sites for hydroxylation is 1. The number of nitrogens with one attached hydrogen (secondary N) is 1. The number of phenolic OH excluding ortho intramolecular Hbond substituents is 1. The zero-order chi connectivity index (χ0) is 26.5. The molecule has 4 N–H and O–H groups in total. The second-order valence-corrected chi connectivity index (χ2v) is 11.7. The number of benzene rings is 3. The number of phenols is 1. The second-order valence-electron chi connectivity index (χ2n) is 8.07. The zero-order valence-corrected chi connectivity index (χ0v) is 21.4. The Hall–Kier alpha value is -3.69. The summed E-state index contributed by atoms with van der Waals surface area (Å²) in [5.74, 6) is -1.87. The topological polar surface area (TPSA) is 153 Å². The standard InChI is InChI=1S/C25H25AsN2O8/c1-16-3-7-19(8-4-16)24(31)27-23(15-18-5-13-22(30)14-6-18)25(32)28(17(2)29)21-11-9-20(10-12-21)26(33,34)36-35/h3-14,23,30,35H,15H2,1-2H3,(H,27,31)(H,33,34). The SMILES string of the molecule is CC(=O)N(C(=O)C(Cc1ccc(O)cc1)NC(=O)c1ccc(C)cc1)c1ccc([As](=O)(O)OO)cc1. The maximum absolute atomic E-state index is 13.6. The van der Waals surface area contributed by atoms with E-state index in [-0.39, 0.29) is 22.2 Å². The molecule has 0 aliphatic heterocycles. The molecular formula is C25H25AsN2O8. The van der Waals surface area contributed by atoms with E-state index in [9.17, 15) is 27.3 Å². The van der Waals surface area contributed by atoms with Gasteiger partial charge >= 0.3 is 193 Å². The van der Waals surface area contributed by atoms with Crippen molar-refractivity contribution in [3.05, 3.63) is 89.5 Å². The van der Waals surface area contributed by atoms with E-state index in [1.807, 2.05) is 6.92 Å². The molecule has 0 spiro atoms. The Morgan fingerprint density at radius 3 is 2.08 bits per heavy atom. The summed E-state index contributed by atoms with van der Waals surface area (Å²) in [7, 11) is 0. The fourth-order valence-electron chi connectivity index (χ4n) is 3.47. The van der Waals surface area contributed by atoms with Gasteiger partial charge in [-0.25, -0.2) is 0 Å². The van der Waals surface area contributed by atoms with Gasteiger partial charge in [-0.3, -0.25) is 0 Å². The van der Waals surface area contributed by atoms with Crippen molar-refractivity contribution in [2.24, 2.45) is 0 Å². The van der Waals surface area contributed by atoms with Crippen LogP contribution in [0.4, 0.5) is 5.69 Å². The number of aromatic hydroxyl groups is 1. The molecule has 0 bridgehead atoms. The van der Waals surface area contributed by atoms with Crippen molar-refractivity contribution < 1.29 is 36.5 Å². The molecule has 0 fully saturated rings. The van der Waals surface area contributed by atoms with E-state index in [1.165, 1.54) is 31.2 Å². The van der Waals surface area contributed by atoms with E-state index >= 15 is 0 Å². The Morgan fingerprint density at radius 1 is 0.972 bits per heavy atom. The molecule has 10 nitrogen and oxygen atoms in total. The molecule has 0 aromatic heterocycles. The Balaban J connectivity index is 1.95. The van der Waals surface area contributed by atoms with Crippen LogP contribution >= 0.6 is 0 Å². The molecule has 0 saturated carbocycles. The van der Waals surface area contributed by atoms with Gasteiger partial charge < -0.3 is 5.11 Å². The van der Waals surface area contributed by atoms with Crippen LogP contribution in [-0.2, 0) is 23.6 Å². The van der Waals surface area contributed by atoms with Crippen molar-refractivity contribution in [1.29, 1.82) is 0 Å². The van der Waals surface area contributed by atoms with Crippen LogP contribution < -0.4 is 14.6 Å². The normalized spacial score (nSPS) is 13.3. The van der Waals surface area contributed by atoms with Crippen molar-refractivity contribution in [3.8, 4) is 5.75 Å². The molecule has 2 unspecified atom stereocenters. The number of anilines is 1. The number of amides is 3. The number of carbonyl (C=O) groups is 3. The molecule has 11 heteroatoms. The summed E-state index contributed by atoms with van der Waals surface area (Å²) in [6.45, 7) is 3.04. The fraction of sp³-hybridized carbons (Fsp3) is 0.160. The Kier molecular flexibility index (Phi) is 8.49. The van der Waals surface area contributed by atoms with E-state index in [4.69, 9.17) is 5.26 Å². The average Bonchev–Trinajstić information content (AvgIpc) is 2.85. The summed E-state index contributed by atoms with van der Waals surface area (Å²) in [6.07, 6.45) is 0.0196. The third kappa shape index (κ3) is 6.50.